The Bertz CT molecular complexity index is 568. The lowest BCUT2D eigenvalue weighted by atomic mass is 10.1. The fraction of sp³-hybridized carbons (Fsp3) is 0.375. The van der Waals surface area contributed by atoms with E-state index < -0.39 is 0 Å². The summed E-state index contributed by atoms with van der Waals surface area (Å²) in [5, 5.41) is 0.490. The second-order valence-electron chi connectivity index (χ2n) is 5.05. The Balaban J connectivity index is 1.83. The second kappa shape index (κ2) is 6.33. The predicted molar refractivity (Wildman–Crippen MR) is 79.8 cm³/mol. The molecule has 2 aromatic rings. The van der Waals surface area contributed by atoms with Gasteiger partial charge in [-0.3, -0.25) is 0 Å². The van der Waals surface area contributed by atoms with Crippen molar-refractivity contribution < 1.29 is 4.74 Å². The SMILES string of the molecule is Clc1cc(-c2ccccc2)nc(CC2CCCCO2)n1. The molecular weight excluding hydrogens is 272 g/mol. The number of ether oxygens (including phenoxy) is 1. The van der Waals surface area contributed by atoms with Crippen LogP contribution in [0.5, 0.6) is 0 Å². The molecule has 1 aliphatic heterocycles. The van der Waals surface area contributed by atoms with E-state index in [-0.39, 0.29) is 6.10 Å². The van der Waals surface area contributed by atoms with Gasteiger partial charge in [-0.05, 0) is 19.3 Å². The highest BCUT2D eigenvalue weighted by molar-refractivity contribution is 6.29. The Morgan fingerprint density at radius 2 is 2.00 bits per heavy atom. The minimum Gasteiger partial charge on any atom is -0.378 e. The number of nitrogens with zero attached hydrogens (tertiary/aromatic N) is 2. The summed E-state index contributed by atoms with van der Waals surface area (Å²) in [6.45, 7) is 0.844. The predicted octanol–water partition coefficient (Wildman–Crippen LogP) is 3.91. The van der Waals surface area contributed by atoms with Gasteiger partial charge in [0, 0.05) is 24.7 Å². The molecule has 2 heterocycles. The molecule has 0 N–H and O–H groups in total. The van der Waals surface area contributed by atoms with Crippen molar-refractivity contribution in [2.75, 3.05) is 6.61 Å². The van der Waals surface area contributed by atoms with Crippen LogP contribution in [0.25, 0.3) is 11.3 Å². The monoisotopic (exact) mass is 288 g/mol. The summed E-state index contributed by atoms with van der Waals surface area (Å²) in [6.07, 6.45) is 4.42. The zero-order valence-electron chi connectivity index (χ0n) is 11.3. The van der Waals surface area contributed by atoms with Gasteiger partial charge in [0.2, 0.25) is 0 Å². The Labute approximate surface area is 124 Å². The normalized spacial score (nSPS) is 18.9. The van der Waals surface area contributed by atoms with Crippen LogP contribution < -0.4 is 0 Å². The summed E-state index contributed by atoms with van der Waals surface area (Å²) in [7, 11) is 0. The fourth-order valence-electron chi connectivity index (χ4n) is 2.48. The van der Waals surface area contributed by atoms with Crippen LogP contribution in [0.1, 0.15) is 25.1 Å². The van der Waals surface area contributed by atoms with E-state index in [1.54, 1.807) is 0 Å². The van der Waals surface area contributed by atoms with Gasteiger partial charge in [0.25, 0.3) is 0 Å². The number of halogens is 1. The zero-order valence-corrected chi connectivity index (χ0v) is 12.0. The van der Waals surface area contributed by atoms with Crippen LogP contribution in [0.15, 0.2) is 36.4 Å². The first-order chi connectivity index (χ1) is 9.81. The molecule has 20 heavy (non-hydrogen) atoms. The zero-order chi connectivity index (χ0) is 13.8. The van der Waals surface area contributed by atoms with Crippen LogP contribution in [0, 0.1) is 0 Å². The van der Waals surface area contributed by atoms with Crippen LogP contribution in [-0.2, 0) is 11.2 Å². The molecule has 0 radical (unpaired) electrons. The number of hydrogen-bond acceptors (Lipinski definition) is 3. The highest BCUT2D eigenvalue weighted by Crippen LogP contribution is 2.22. The first-order valence-corrected chi connectivity index (χ1v) is 7.39. The quantitative estimate of drug-likeness (QED) is 0.803. The molecule has 0 aliphatic carbocycles. The lowest BCUT2D eigenvalue weighted by Gasteiger charge is -2.21. The molecule has 1 saturated heterocycles. The molecule has 1 aliphatic rings. The van der Waals surface area contributed by atoms with E-state index in [1.807, 2.05) is 36.4 Å². The van der Waals surface area contributed by atoms with Crippen molar-refractivity contribution in [1.82, 2.24) is 9.97 Å². The largest absolute Gasteiger partial charge is 0.378 e. The molecule has 1 fully saturated rings. The fourth-order valence-corrected chi connectivity index (χ4v) is 2.69. The minimum absolute atomic E-state index is 0.228. The first-order valence-electron chi connectivity index (χ1n) is 7.02. The van der Waals surface area contributed by atoms with Gasteiger partial charge in [-0.25, -0.2) is 9.97 Å². The van der Waals surface area contributed by atoms with Gasteiger partial charge in [-0.2, -0.15) is 0 Å². The molecule has 104 valence electrons. The molecule has 3 rings (SSSR count). The van der Waals surface area contributed by atoms with E-state index in [0.717, 1.165) is 43.0 Å². The Hall–Kier alpha value is -1.45. The van der Waals surface area contributed by atoms with Gasteiger partial charge in [0.05, 0.1) is 11.8 Å². The molecule has 4 heteroatoms. The summed E-state index contributed by atoms with van der Waals surface area (Å²) in [6, 6.07) is 11.8. The summed E-state index contributed by atoms with van der Waals surface area (Å²) < 4.78 is 5.74. The highest BCUT2D eigenvalue weighted by Gasteiger charge is 2.16. The Morgan fingerprint density at radius 1 is 1.15 bits per heavy atom. The van der Waals surface area contributed by atoms with Crippen LogP contribution in [0.2, 0.25) is 5.15 Å². The van der Waals surface area contributed by atoms with Gasteiger partial charge in [-0.1, -0.05) is 41.9 Å². The van der Waals surface area contributed by atoms with Crippen molar-refractivity contribution in [2.24, 2.45) is 0 Å². The maximum absolute atomic E-state index is 6.13. The van der Waals surface area contributed by atoms with E-state index >= 15 is 0 Å². The number of rotatable bonds is 3. The maximum Gasteiger partial charge on any atom is 0.133 e. The van der Waals surface area contributed by atoms with Crippen molar-refractivity contribution in [3.63, 3.8) is 0 Å². The molecule has 0 amide bonds. The minimum atomic E-state index is 0.228. The van der Waals surface area contributed by atoms with Crippen molar-refractivity contribution in [2.45, 2.75) is 31.8 Å². The van der Waals surface area contributed by atoms with Gasteiger partial charge in [-0.15, -0.1) is 0 Å². The average Bonchev–Trinajstić information content (AvgIpc) is 2.49. The van der Waals surface area contributed by atoms with Crippen molar-refractivity contribution in [1.29, 1.82) is 0 Å². The van der Waals surface area contributed by atoms with Gasteiger partial charge in [0.15, 0.2) is 0 Å². The van der Waals surface area contributed by atoms with Gasteiger partial charge >= 0.3 is 0 Å². The molecule has 1 aromatic heterocycles. The average molecular weight is 289 g/mol. The van der Waals surface area contributed by atoms with Crippen molar-refractivity contribution in [3.8, 4) is 11.3 Å². The summed E-state index contributed by atoms with van der Waals surface area (Å²) in [5.41, 5.74) is 1.93. The van der Waals surface area contributed by atoms with E-state index in [1.165, 1.54) is 6.42 Å². The van der Waals surface area contributed by atoms with Crippen LogP contribution in [0.3, 0.4) is 0 Å². The number of benzene rings is 1. The third-order valence-electron chi connectivity index (χ3n) is 3.49. The molecule has 0 saturated carbocycles. The van der Waals surface area contributed by atoms with Crippen molar-refractivity contribution in [3.05, 3.63) is 47.4 Å². The van der Waals surface area contributed by atoms with E-state index in [9.17, 15) is 0 Å². The standard InChI is InChI=1S/C16H17ClN2O/c17-15-11-14(12-6-2-1-3-7-12)18-16(19-15)10-13-8-4-5-9-20-13/h1-3,6-7,11,13H,4-5,8-10H2. The summed E-state index contributed by atoms with van der Waals surface area (Å²) in [4.78, 5) is 8.95. The van der Waals surface area contributed by atoms with Gasteiger partial charge < -0.3 is 4.74 Å². The summed E-state index contributed by atoms with van der Waals surface area (Å²) >= 11 is 6.13. The molecule has 1 unspecified atom stereocenters. The molecular formula is C16H17ClN2O. The Morgan fingerprint density at radius 3 is 2.75 bits per heavy atom. The smallest absolute Gasteiger partial charge is 0.133 e. The van der Waals surface area contributed by atoms with Gasteiger partial charge in [0.1, 0.15) is 11.0 Å². The van der Waals surface area contributed by atoms with E-state index in [2.05, 4.69) is 9.97 Å². The molecule has 0 spiro atoms. The molecule has 3 nitrogen and oxygen atoms in total. The number of hydrogen-bond donors (Lipinski definition) is 0. The summed E-state index contributed by atoms with van der Waals surface area (Å²) in [5.74, 6) is 0.767. The third kappa shape index (κ3) is 3.35. The topological polar surface area (TPSA) is 35.0 Å². The van der Waals surface area contributed by atoms with Crippen LogP contribution in [0.4, 0.5) is 0 Å². The third-order valence-corrected chi connectivity index (χ3v) is 3.69. The van der Waals surface area contributed by atoms with Crippen molar-refractivity contribution >= 4 is 11.6 Å². The molecule has 1 aromatic carbocycles. The Kier molecular flexibility index (Phi) is 4.28. The molecule has 1 atom stereocenters. The second-order valence-corrected chi connectivity index (χ2v) is 5.44. The first kappa shape index (κ1) is 13.5. The number of aromatic nitrogens is 2. The van der Waals surface area contributed by atoms with E-state index in [4.69, 9.17) is 16.3 Å². The highest BCUT2D eigenvalue weighted by atomic mass is 35.5. The maximum atomic E-state index is 6.13. The lowest BCUT2D eigenvalue weighted by Crippen LogP contribution is -2.22. The molecule has 0 bridgehead atoms. The van der Waals surface area contributed by atoms with Crippen LogP contribution in [-0.4, -0.2) is 22.7 Å². The lowest BCUT2D eigenvalue weighted by molar-refractivity contribution is 0.0156. The van der Waals surface area contributed by atoms with E-state index in [0.29, 0.717) is 5.15 Å². The van der Waals surface area contributed by atoms with Crippen LogP contribution >= 0.6 is 11.6 Å².